The molecule has 0 radical (unpaired) electrons. The molecule has 1 aliphatic rings. The van der Waals surface area contributed by atoms with Gasteiger partial charge in [0.25, 0.3) is 0 Å². The SMILES string of the molecule is CC1CNCCN1S(=O)(=O)c1ccc(Cl)c(F)c1Cl. The molecule has 1 fully saturated rings. The molecule has 106 valence electrons. The summed E-state index contributed by atoms with van der Waals surface area (Å²) in [6, 6.07) is 2.22. The van der Waals surface area contributed by atoms with Crippen LogP contribution in [0.4, 0.5) is 4.39 Å². The van der Waals surface area contributed by atoms with Crippen LogP contribution in [0.2, 0.25) is 10.0 Å². The van der Waals surface area contributed by atoms with Crippen LogP contribution in [-0.2, 0) is 10.0 Å². The van der Waals surface area contributed by atoms with Gasteiger partial charge in [-0.15, -0.1) is 0 Å². The van der Waals surface area contributed by atoms with Gasteiger partial charge in [0.1, 0.15) is 4.90 Å². The molecule has 1 N–H and O–H groups in total. The van der Waals surface area contributed by atoms with Crippen LogP contribution in [0, 0.1) is 5.82 Å². The molecular formula is C11H13Cl2FN2O2S. The molecule has 4 nitrogen and oxygen atoms in total. The van der Waals surface area contributed by atoms with E-state index in [4.69, 9.17) is 23.2 Å². The lowest BCUT2D eigenvalue weighted by molar-refractivity contribution is 0.284. The second-order valence-corrected chi connectivity index (χ2v) is 6.99. The third kappa shape index (κ3) is 2.73. The monoisotopic (exact) mass is 326 g/mol. The summed E-state index contributed by atoms with van der Waals surface area (Å²) in [5.41, 5.74) is 0. The smallest absolute Gasteiger partial charge is 0.244 e. The Bertz CT molecular complexity index is 595. The maximum Gasteiger partial charge on any atom is 0.244 e. The van der Waals surface area contributed by atoms with Crippen LogP contribution >= 0.6 is 23.2 Å². The number of sulfonamides is 1. The average Bonchev–Trinajstić information content (AvgIpc) is 2.36. The summed E-state index contributed by atoms with van der Waals surface area (Å²) in [5, 5.41) is 2.43. The second kappa shape index (κ2) is 5.54. The summed E-state index contributed by atoms with van der Waals surface area (Å²) < 4.78 is 39.9. The van der Waals surface area contributed by atoms with Crippen LogP contribution < -0.4 is 5.32 Å². The summed E-state index contributed by atoms with van der Waals surface area (Å²) in [5.74, 6) is -0.910. The Morgan fingerprint density at radius 3 is 2.74 bits per heavy atom. The van der Waals surface area contributed by atoms with Crippen molar-refractivity contribution in [3.05, 3.63) is 28.0 Å². The highest BCUT2D eigenvalue weighted by molar-refractivity contribution is 7.89. The Labute approximate surface area is 121 Å². The topological polar surface area (TPSA) is 49.4 Å². The molecule has 0 bridgehead atoms. The van der Waals surface area contributed by atoms with E-state index in [0.717, 1.165) is 0 Å². The van der Waals surface area contributed by atoms with Crippen molar-refractivity contribution in [3.63, 3.8) is 0 Å². The fourth-order valence-corrected chi connectivity index (χ4v) is 4.37. The molecule has 8 heteroatoms. The molecule has 1 aliphatic heterocycles. The predicted molar refractivity (Wildman–Crippen MR) is 72.6 cm³/mol. The van der Waals surface area contributed by atoms with E-state index in [1.165, 1.54) is 16.4 Å². The van der Waals surface area contributed by atoms with Crippen LogP contribution in [0.15, 0.2) is 17.0 Å². The second-order valence-electron chi connectivity index (χ2n) is 4.34. The number of nitrogens with zero attached hydrogens (tertiary/aromatic N) is 1. The molecule has 0 aromatic heterocycles. The van der Waals surface area contributed by atoms with E-state index in [-0.39, 0.29) is 16.0 Å². The highest BCUT2D eigenvalue weighted by Gasteiger charge is 2.33. The molecular weight excluding hydrogens is 314 g/mol. The van der Waals surface area contributed by atoms with Crippen molar-refractivity contribution in [2.24, 2.45) is 0 Å². The molecule has 0 amide bonds. The summed E-state index contributed by atoms with van der Waals surface area (Å²) in [7, 11) is -3.82. The number of hydrogen-bond donors (Lipinski definition) is 1. The number of halogens is 3. The zero-order chi connectivity index (χ0) is 14.2. The van der Waals surface area contributed by atoms with Gasteiger partial charge in [0, 0.05) is 25.7 Å². The minimum atomic E-state index is -3.82. The van der Waals surface area contributed by atoms with Gasteiger partial charge in [0.05, 0.1) is 10.0 Å². The molecule has 0 aliphatic carbocycles. The molecule has 1 aromatic rings. The number of piperazine rings is 1. The Kier molecular flexibility index (Phi) is 4.37. The van der Waals surface area contributed by atoms with Crippen molar-refractivity contribution in [2.45, 2.75) is 17.9 Å². The minimum Gasteiger partial charge on any atom is -0.314 e. The minimum absolute atomic E-state index is 0.197. The van der Waals surface area contributed by atoms with E-state index in [1.807, 2.05) is 0 Å². The van der Waals surface area contributed by atoms with Crippen molar-refractivity contribution in [1.82, 2.24) is 9.62 Å². The van der Waals surface area contributed by atoms with E-state index >= 15 is 0 Å². The van der Waals surface area contributed by atoms with E-state index in [2.05, 4.69) is 5.32 Å². The van der Waals surface area contributed by atoms with E-state index in [1.54, 1.807) is 6.92 Å². The maximum atomic E-state index is 13.6. The standard InChI is InChI=1S/C11H13Cl2FN2O2S/c1-7-6-15-4-5-16(7)19(17,18)9-3-2-8(12)11(14)10(9)13/h2-3,7,15H,4-6H2,1H3. The van der Waals surface area contributed by atoms with Gasteiger partial charge in [-0.2, -0.15) is 4.31 Å². The van der Waals surface area contributed by atoms with Crippen molar-refractivity contribution in [3.8, 4) is 0 Å². The fourth-order valence-electron chi connectivity index (χ4n) is 2.01. The normalized spacial score (nSPS) is 21.6. The van der Waals surface area contributed by atoms with Gasteiger partial charge in [-0.25, -0.2) is 12.8 Å². The number of nitrogens with one attached hydrogen (secondary N) is 1. The number of benzene rings is 1. The van der Waals surface area contributed by atoms with Crippen LogP contribution in [0.25, 0.3) is 0 Å². The van der Waals surface area contributed by atoms with Crippen molar-refractivity contribution < 1.29 is 12.8 Å². The molecule has 1 unspecified atom stereocenters. The van der Waals surface area contributed by atoms with Gasteiger partial charge < -0.3 is 5.32 Å². The highest BCUT2D eigenvalue weighted by atomic mass is 35.5. The van der Waals surface area contributed by atoms with Crippen LogP contribution in [0.3, 0.4) is 0 Å². The predicted octanol–water partition coefficient (Wildman–Crippen LogP) is 2.11. The maximum absolute atomic E-state index is 13.6. The van der Waals surface area contributed by atoms with Gasteiger partial charge in [-0.05, 0) is 19.1 Å². The lowest BCUT2D eigenvalue weighted by Crippen LogP contribution is -2.52. The first-order chi connectivity index (χ1) is 8.85. The van der Waals surface area contributed by atoms with Crippen LogP contribution in [-0.4, -0.2) is 38.4 Å². The first-order valence-corrected chi connectivity index (χ1v) is 7.91. The summed E-state index contributed by atoms with van der Waals surface area (Å²) in [6.45, 7) is 3.21. The third-order valence-electron chi connectivity index (χ3n) is 3.03. The molecule has 1 heterocycles. The first-order valence-electron chi connectivity index (χ1n) is 5.71. The molecule has 2 rings (SSSR count). The Hall–Kier alpha value is -0.400. The fraction of sp³-hybridized carbons (Fsp3) is 0.455. The van der Waals surface area contributed by atoms with E-state index in [9.17, 15) is 12.8 Å². The van der Waals surface area contributed by atoms with Gasteiger partial charge in [0.2, 0.25) is 10.0 Å². The summed E-state index contributed by atoms with van der Waals surface area (Å²) in [4.78, 5) is -0.246. The van der Waals surface area contributed by atoms with Crippen molar-refractivity contribution >= 4 is 33.2 Å². The lowest BCUT2D eigenvalue weighted by atomic mass is 10.3. The summed E-state index contributed by atoms with van der Waals surface area (Å²) >= 11 is 11.3. The van der Waals surface area contributed by atoms with E-state index < -0.39 is 20.9 Å². The molecule has 1 saturated heterocycles. The Balaban J connectivity index is 2.48. The van der Waals surface area contributed by atoms with Gasteiger partial charge in [-0.3, -0.25) is 0 Å². The quantitative estimate of drug-likeness (QED) is 0.847. The van der Waals surface area contributed by atoms with Gasteiger partial charge in [-0.1, -0.05) is 23.2 Å². The molecule has 1 aromatic carbocycles. The largest absolute Gasteiger partial charge is 0.314 e. The Morgan fingerprint density at radius 1 is 1.42 bits per heavy atom. The average molecular weight is 327 g/mol. The highest BCUT2D eigenvalue weighted by Crippen LogP contribution is 2.32. The third-order valence-corrected chi connectivity index (χ3v) is 5.86. The first kappa shape index (κ1) is 15.0. The van der Waals surface area contributed by atoms with E-state index in [0.29, 0.717) is 19.6 Å². The Morgan fingerprint density at radius 2 is 2.11 bits per heavy atom. The number of hydrogen-bond acceptors (Lipinski definition) is 3. The van der Waals surface area contributed by atoms with Crippen molar-refractivity contribution in [1.29, 1.82) is 0 Å². The van der Waals surface area contributed by atoms with Gasteiger partial charge in [0.15, 0.2) is 5.82 Å². The van der Waals surface area contributed by atoms with Crippen LogP contribution in [0.1, 0.15) is 6.92 Å². The number of rotatable bonds is 2. The molecule has 19 heavy (non-hydrogen) atoms. The zero-order valence-electron chi connectivity index (χ0n) is 10.2. The van der Waals surface area contributed by atoms with Gasteiger partial charge >= 0.3 is 0 Å². The van der Waals surface area contributed by atoms with Crippen molar-refractivity contribution in [2.75, 3.05) is 19.6 Å². The molecule has 0 saturated carbocycles. The zero-order valence-corrected chi connectivity index (χ0v) is 12.5. The molecule has 0 spiro atoms. The van der Waals surface area contributed by atoms with Crippen LogP contribution in [0.5, 0.6) is 0 Å². The lowest BCUT2D eigenvalue weighted by Gasteiger charge is -2.33. The summed E-state index contributed by atoms with van der Waals surface area (Å²) in [6.07, 6.45) is 0. The molecule has 1 atom stereocenters.